The molecule has 1 aromatic heterocycles. The predicted octanol–water partition coefficient (Wildman–Crippen LogP) is 2.95. The zero-order valence-electron chi connectivity index (χ0n) is 13.1. The van der Waals surface area contributed by atoms with Gasteiger partial charge in [-0.15, -0.1) is 24.8 Å². The van der Waals surface area contributed by atoms with Crippen molar-refractivity contribution < 1.29 is 4.79 Å². The van der Waals surface area contributed by atoms with Crippen molar-refractivity contribution in [3.05, 3.63) is 40.7 Å². The van der Waals surface area contributed by atoms with Gasteiger partial charge in [0, 0.05) is 29.7 Å². The van der Waals surface area contributed by atoms with Crippen LogP contribution in [0.25, 0.3) is 0 Å². The molecule has 0 spiro atoms. The zero-order valence-corrected chi connectivity index (χ0v) is 14.8. The molecule has 3 N–H and O–H groups in total. The van der Waals surface area contributed by atoms with Crippen LogP contribution in [0.4, 0.5) is 11.4 Å². The Labute approximate surface area is 143 Å². The van der Waals surface area contributed by atoms with Crippen LogP contribution >= 0.6 is 24.8 Å². The van der Waals surface area contributed by atoms with E-state index in [4.69, 9.17) is 5.73 Å². The molecule has 22 heavy (non-hydrogen) atoms. The van der Waals surface area contributed by atoms with Crippen LogP contribution in [0.5, 0.6) is 0 Å². The number of aryl methyl sites for hydroxylation is 3. The fraction of sp³-hybridized carbons (Fsp3) is 0.333. The summed E-state index contributed by atoms with van der Waals surface area (Å²) in [5.74, 6) is -0.0575. The lowest BCUT2D eigenvalue weighted by Gasteiger charge is -2.09. The molecular formula is C15H22Cl2N4O. The normalized spacial score (nSPS) is 9.64. The lowest BCUT2D eigenvalue weighted by molar-refractivity contribution is -0.115. The highest BCUT2D eigenvalue weighted by Gasteiger charge is 2.14. The topological polar surface area (TPSA) is 72.9 Å². The minimum atomic E-state index is -0.0575. The number of halogens is 2. The van der Waals surface area contributed by atoms with Gasteiger partial charge in [0.1, 0.15) is 0 Å². The SMILES string of the molecule is Cc1ccc(N)cc1NC(=O)Cc1c(C)nn(C)c1C.Cl.Cl. The average Bonchev–Trinajstić information content (AvgIpc) is 2.61. The van der Waals surface area contributed by atoms with Crippen LogP contribution in [0.1, 0.15) is 22.5 Å². The molecule has 0 aliphatic carbocycles. The maximum Gasteiger partial charge on any atom is 0.228 e. The second kappa shape index (κ2) is 8.06. The Morgan fingerprint density at radius 3 is 2.45 bits per heavy atom. The summed E-state index contributed by atoms with van der Waals surface area (Å²) in [6, 6.07) is 5.49. The van der Waals surface area contributed by atoms with E-state index in [2.05, 4.69) is 10.4 Å². The quantitative estimate of drug-likeness (QED) is 0.840. The van der Waals surface area contributed by atoms with Crippen molar-refractivity contribution in [1.29, 1.82) is 0 Å². The number of amides is 1. The second-order valence-electron chi connectivity index (χ2n) is 5.07. The van der Waals surface area contributed by atoms with E-state index in [1.54, 1.807) is 10.7 Å². The number of nitrogens with one attached hydrogen (secondary N) is 1. The minimum Gasteiger partial charge on any atom is -0.399 e. The Morgan fingerprint density at radius 1 is 1.27 bits per heavy atom. The number of benzene rings is 1. The van der Waals surface area contributed by atoms with E-state index in [0.29, 0.717) is 12.1 Å². The van der Waals surface area contributed by atoms with Crippen molar-refractivity contribution in [2.24, 2.45) is 7.05 Å². The van der Waals surface area contributed by atoms with Crippen molar-refractivity contribution in [3.63, 3.8) is 0 Å². The van der Waals surface area contributed by atoms with Gasteiger partial charge in [0.25, 0.3) is 0 Å². The number of nitrogens with two attached hydrogens (primary N) is 1. The molecule has 0 aliphatic heterocycles. The van der Waals surface area contributed by atoms with Gasteiger partial charge in [0.2, 0.25) is 5.91 Å². The third kappa shape index (κ3) is 4.39. The van der Waals surface area contributed by atoms with E-state index in [1.165, 1.54) is 0 Å². The van der Waals surface area contributed by atoms with Gasteiger partial charge in [-0.3, -0.25) is 9.48 Å². The zero-order chi connectivity index (χ0) is 14.9. The number of aromatic nitrogens is 2. The average molecular weight is 345 g/mol. The van der Waals surface area contributed by atoms with E-state index in [-0.39, 0.29) is 30.7 Å². The van der Waals surface area contributed by atoms with Crippen molar-refractivity contribution in [1.82, 2.24) is 9.78 Å². The van der Waals surface area contributed by atoms with Crippen LogP contribution in [0.15, 0.2) is 18.2 Å². The van der Waals surface area contributed by atoms with Gasteiger partial charge >= 0.3 is 0 Å². The summed E-state index contributed by atoms with van der Waals surface area (Å²) in [4.78, 5) is 12.2. The largest absolute Gasteiger partial charge is 0.399 e. The van der Waals surface area contributed by atoms with E-state index in [9.17, 15) is 4.79 Å². The molecule has 0 saturated heterocycles. The number of nitrogen functional groups attached to an aromatic ring is 1. The van der Waals surface area contributed by atoms with E-state index < -0.39 is 0 Å². The molecule has 1 heterocycles. The van der Waals surface area contributed by atoms with Crippen LogP contribution in [0, 0.1) is 20.8 Å². The molecule has 7 heteroatoms. The third-order valence-corrected chi connectivity index (χ3v) is 3.53. The van der Waals surface area contributed by atoms with Gasteiger partial charge in [-0.25, -0.2) is 0 Å². The fourth-order valence-corrected chi connectivity index (χ4v) is 2.20. The third-order valence-electron chi connectivity index (χ3n) is 3.53. The summed E-state index contributed by atoms with van der Waals surface area (Å²) < 4.78 is 1.80. The van der Waals surface area contributed by atoms with Crippen LogP contribution in [-0.2, 0) is 18.3 Å². The van der Waals surface area contributed by atoms with Gasteiger partial charge in [0.15, 0.2) is 0 Å². The standard InChI is InChI=1S/C15H20N4O.2ClH/c1-9-5-6-12(16)7-14(9)17-15(20)8-13-10(2)18-19(4)11(13)3;;/h5-7H,8,16H2,1-4H3,(H,17,20);2*1H. The molecule has 1 amide bonds. The first kappa shape index (κ1) is 20.3. The first-order valence-electron chi connectivity index (χ1n) is 6.53. The van der Waals surface area contributed by atoms with Gasteiger partial charge in [-0.2, -0.15) is 5.10 Å². The Bertz CT molecular complexity index is 668. The van der Waals surface area contributed by atoms with Crippen LogP contribution in [-0.4, -0.2) is 15.7 Å². The number of anilines is 2. The lowest BCUT2D eigenvalue weighted by atomic mass is 10.1. The molecule has 0 fully saturated rings. The maximum absolute atomic E-state index is 12.2. The molecule has 0 bridgehead atoms. The second-order valence-corrected chi connectivity index (χ2v) is 5.07. The van der Waals surface area contributed by atoms with Gasteiger partial charge in [-0.1, -0.05) is 6.07 Å². The molecule has 2 aromatic rings. The Balaban J connectivity index is 0.00000220. The van der Waals surface area contributed by atoms with Crippen LogP contribution in [0.2, 0.25) is 0 Å². The highest BCUT2D eigenvalue weighted by Crippen LogP contribution is 2.19. The Morgan fingerprint density at radius 2 is 1.91 bits per heavy atom. The number of carbonyl (C=O) groups excluding carboxylic acids is 1. The number of hydrogen-bond acceptors (Lipinski definition) is 3. The monoisotopic (exact) mass is 344 g/mol. The predicted molar refractivity (Wildman–Crippen MR) is 95.1 cm³/mol. The van der Waals surface area contributed by atoms with E-state index in [0.717, 1.165) is 28.2 Å². The molecular weight excluding hydrogens is 323 g/mol. The van der Waals surface area contributed by atoms with E-state index >= 15 is 0 Å². The molecule has 0 radical (unpaired) electrons. The molecule has 2 rings (SSSR count). The lowest BCUT2D eigenvalue weighted by Crippen LogP contribution is -2.16. The molecule has 5 nitrogen and oxygen atoms in total. The van der Waals surface area contributed by atoms with Crippen molar-refractivity contribution >= 4 is 42.1 Å². The van der Waals surface area contributed by atoms with Crippen molar-refractivity contribution in [3.8, 4) is 0 Å². The van der Waals surface area contributed by atoms with Crippen molar-refractivity contribution in [2.75, 3.05) is 11.1 Å². The molecule has 122 valence electrons. The van der Waals surface area contributed by atoms with E-state index in [1.807, 2.05) is 40.0 Å². The molecule has 0 saturated carbocycles. The van der Waals surface area contributed by atoms with Crippen LogP contribution in [0.3, 0.4) is 0 Å². The number of rotatable bonds is 3. The highest BCUT2D eigenvalue weighted by atomic mass is 35.5. The Kier molecular flexibility index (Phi) is 7.43. The molecule has 0 atom stereocenters. The molecule has 0 unspecified atom stereocenters. The van der Waals surface area contributed by atoms with Gasteiger partial charge < -0.3 is 11.1 Å². The fourth-order valence-electron chi connectivity index (χ4n) is 2.20. The van der Waals surface area contributed by atoms with Crippen molar-refractivity contribution in [2.45, 2.75) is 27.2 Å². The number of hydrogen-bond donors (Lipinski definition) is 2. The highest BCUT2D eigenvalue weighted by molar-refractivity contribution is 5.93. The summed E-state index contributed by atoms with van der Waals surface area (Å²) in [5.41, 5.74) is 11.0. The minimum absolute atomic E-state index is 0. The Hall–Kier alpha value is -1.72. The number of carbonyl (C=O) groups is 1. The molecule has 0 aliphatic rings. The van der Waals surface area contributed by atoms with Gasteiger partial charge in [0.05, 0.1) is 12.1 Å². The van der Waals surface area contributed by atoms with Crippen LogP contribution < -0.4 is 11.1 Å². The molecule has 1 aromatic carbocycles. The first-order valence-corrected chi connectivity index (χ1v) is 6.53. The summed E-state index contributed by atoms with van der Waals surface area (Å²) in [6.45, 7) is 5.82. The summed E-state index contributed by atoms with van der Waals surface area (Å²) in [6.07, 6.45) is 0.319. The number of nitrogens with zero attached hydrogens (tertiary/aromatic N) is 2. The smallest absolute Gasteiger partial charge is 0.228 e. The van der Waals surface area contributed by atoms with Gasteiger partial charge in [-0.05, 0) is 38.5 Å². The summed E-state index contributed by atoms with van der Waals surface area (Å²) in [7, 11) is 1.88. The first-order chi connectivity index (χ1) is 9.38. The summed E-state index contributed by atoms with van der Waals surface area (Å²) in [5, 5.41) is 7.23. The summed E-state index contributed by atoms with van der Waals surface area (Å²) >= 11 is 0. The maximum atomic E-state index is 12.2.